The van der Waals surface area contributed by atoms with Crippen LogP contribution in [0.5, 0.6) is 5.75 Å². The second-order valence-corrected chi connectivity index (χ2v) is 9.14. The first-order chi connectivity index (χ1) is 15.2. The number of thiazole rings is 1. The van der Waals surface area contributed by atoms with Crippen LogP contribution in [0.25, 0.3) is 10.2 Å². The lowest BCUT2D eigenvalue weighted by molar-refractivity contribution is -0.118. The number of hydrazone groups is 1. The zero-order chi connectivity index (χ0) is 21.5. The number of hydrogen-bond acceptors (Lipinski definition) is 6. The van der Waals surface area contributed by atoms with Gasteiger partial charge < -0.3 is 4.74 Å². The van der Waals surface area contributed by atoms with E-state index in [1.807, 2.05) is 72.8 Å². The van der Waals surface area contributed by atoms with Crippen molar-refractivity contribution in [3.05, 3.63) is 88.9 Å². The SMILES string of the molecule is O=C(CSc1nc2ccccc2s1)NN=Cc1ccc(OCc2ccccc2Cl)cc1. The molecule has 0 aliphatic rings. The first-order valence-corrected chi connectivity index (χ1v) is 11.6. The third-order valence-electron chi connectivity index (χ3n) is 4.24. The molecule has 4 aromatic rings. The van der Waals surface area contributed by atoms with Crippen molar-refractivity contribution in [2.75, 3.05) is 5.75 Å². The zero-order valence-electron chi connectivity index (χ0n) is 16.3. The molecule has 0 aliphatic heterocycles. The molecule has 0 radical (unpaired) electrons. The van der Waals surface area contributed by atoms with Gasteiger partial charge in [-0.05, 0) is 48.0 Å². The number of carbonyl (C=O) groups is 1. The Kier molecular flexibility index (Phi) is 7.19. The van der Waals surface area contributed by atoms with E-state index in [0.29, 0.717) is 11.6 Å². The quantitative estimate of drug-likeness (QED) is 0.203. The van der Waals surface area contributed by atoms with Crippen molar-refractivity contribution in [1.29, 1.82) is 0 Å². The molecular formula is C23H18ClN3O2S2. The maximum absolute atomic E-state index is 12.0. The average Bonchev–Trinajstić information content (AvgIpc) is 3.21. The molecule has 8 heteroatoms. The Morgan fingerprint density at radius 3 is 2.68 bits per heavy atom. The monoisotopic (exact) mass is 467 g/mol. The van der Waals surface area contributed by atoms with Crippen molar-refractivity contribution in [2.45, 2.75) is 10.9 Å². The van der Waals surface area contributed by atoms with Gasteiger partial charge in [0.2, 0.25) is 0 Å². The van der Waals surface area contributed by atoms with Gasteiger partial charge in [0.1, 0.15) is 12.4 Å². The number of halogens is 1. The zero-order valence-corrected chi connectivity index (χ0v) is 18.7. The maximum atomic E-state index is 12.0. The highest BCUT2D eigenvalue weighted by molar-refractivity contribution is 8.01. The topological polar surface area (TPSA) is 63.6 Å². The summed E-state index contributed by atoms with van der Waals surface area (Å²) in [5, 5.41) is 4.70. The number of amides is 1. The highest BCUT2D eigenvalue weighted by Gasteiger charge is 2.07. The van der Waals surface area contributed by atoms with E-state index in [1.54, 1.807) is 17.6 Å². The molecule has 1 N–H and O–H groups in total. The summed E-state index contributed by atoms with van der Waals surface area (Å²) < 4.78 is 7.74. The van der Waals surface area contributed by atoms with Crippen LogP contribution in [-0.2, 0) is 11.4 Å². The second-order valence-electron chi connectivity index (χ2n) is 6.48. The van der Waals surface area contributed by atoms with Gasteiger partial charge in [-0.3, -0.25) is 4.79 Å². The van der Waals surface area contributed by atoms with E-state index < -0.39 is 0 Å². The van der Waals surface area contributed by atoms with Crippen molar-refractivity contribution in [1.82, 2.24) is 10.4 Å². The third-order valence-corrected chi connectivity index (χ3v) is 6.78. The maximum Gasteiger partial charge on any atom is 0.250 e. The Labute approximate surface area is 193 Å². The van der Waals surface area contributed by atoms with E-state index in [1.165, 1.54) is 11.8 Å². The van der Waals surface area contributed by atoms with Crippen molar-refractivity contribution in [3.8, 4) is 5.75 Å². The summed E-state index contributed by atoms with van der Waals surface area (Å²) in [5.74, 6) is 0.806. The number of thioether (sulfide) groups is 1. The third kappa shape index (κ3) is 6.07. The number of fused-ring (bicyclic) bond motifs is 1. The number of nitrogens with one attached hydrogen (secondary N) is 1. The molecule has 1 amide bonds. The van der Waals surface area contributed by atoms with E-state index in [-0.39, 0.29) is 11.7 Å². The molecule has 1 aromatic heterocycles. The lowest BCUT2D eigenvalue weighted by Crippen LogP contribution is -2.19. The molecule has 1 heterocycles. The minimum absolute atomic E-state index is 0.180. The second kappa shape index (κ2) is 10.4. The number of rotatable bonds is 8. The Hall–Kier alpha value is -2.87. The summed E-state index contributed by atoms with van der Waals surface area (Å²) in [6, 6.07) is 22.9. The number of ether oxygens (including phenoxy) is 1. The molecule has 0 fully saturated rings. The predicted molar refractivity (Wildman–Crippen MR) is 128 cm³/mol. The minimum Gasteiger partial charge on any atom is -0.489 e. The van der Waals surface area contributed by atoms with E-state index >= 15 is 0 Å². The van der Waals surface area contributed by atoms with Crippen LogP contribution in [-0.4, -0.2) is 22.9 Å². The van der Waals surface area contributed by atoms with Crippen LogP contribution in [0.3, 0.4) is 0 Å². The summed E-state index contributed by atoms with van der Waals surface area (Å²) in [6.07, 6.45) is 1.60. The van der Waals surface area contributed by atoms with Crippen LogP contribution >= 0.6 is 34.7 Å². The highest BCUT2D eigenvalue weighted by atomic mass is 35.5. The smallest absolute Gasteiger partial charge is 0.250 e. The number of para-hydroxylation sites is 1. The van der Waals surface area contributed by atoms with E-state index in [9.17, 15) is 4.79 Å². The Balaban J connectivity index is 1.22. The fourth-order valence-electron chi connectivity index (χ4n) is 2.68. The van der Waals surface area contributed by atoms with Gasteiger partial charge in [-0.1, -0.05) is 53.7 Å². The number of aromatic nitrogens is 1. The lowest BCUT2D eigenvalue weighted by Gasteiger charge is -2.07. The summed E-state index contributed by atoms with van der Waals surface area (Å²) >= 11 is 9.12. The normalized spacial score (nSPS) is 11.1. The molecule has 0 saturated carbocycles. The largest absolute Gasteiger partial charge is 0.489 e. The molecule has 31 heavy (non-hydrogen) atoms. The van der Waals surface area contributed by atoms with Crippen molar-refractivity contribution in [3.63, 3.8) is 0 Å². The lowest BCUT2D eigenvalue weighted by atomic mass is 10.2. The Morgan fingerprint density at radius 1 is 1.10 bits per heavy atom. The number of carbonyl (C=O) groups excluding carboxylic acids is 1. The molecule has 156 valence electrons. The van der Waals surface area contributed by atoms with Crippen LogP contribution in [0.15, 0.2) is 82.2 Å². The number of nitrogens with zero attached hydrogens (tertiary/aromatic N) is 2. The fraction of sp³-hybridized carbons (Fsp3) is 0.0870. The highest BCUT2D eigenvalue weighted by Crippen LogP contribution is 2.29. The fourth-order valence-corrected chi connectivity index (χ4v) is 4.73. The molecule has 0 aliphatic carbocycles. The first kappa shape index (κ1) is 21.4. The molecule has 3 aromatic carbocycles. The molecule has 0 unspecified atom stereocenters. The van der Waals surface area contributed by atoms with Crippen LogP contribution in [0.4, 0.5) is 0 Å². The molecule has 0 saturated heterocycles. The van der Waals surface area contributed by atoms with Crippen molar-refractivity contribution >= 4 is 57.0 Å². The Bertz CT molecular complexity index is 1180. The van der Waals surface area contributed by atoms with Gasteiger partial charge in [0.05, 0.1) is 22.2 Å². The van der Waals surface area contributed by atoms with Crippen LogP contribution < -0.4 is 10.2 Å². The van der Waals surface area contributed by atoms with Crippen molar-refractivity contribution < 1.29 is 9.53 Å². The van der Waals surface area contributed by atoms with Gasteiger partial charge in [0.15, 0.2) is 4.34 Å². The first-order valence-electron chi connectivity index (χ1n) is 9.44. The molecule has 4 rings (SSSR count). The summed E-state index contributed by atoms with van der Waals surface area (Å²) in [5.41, 5.74) is 5.28. The van der Waals surface area contributed by atoms with Gasteiger partial charge in [-0.2, -0.15) is 5.10 Å². The van der Waals surface area contributed by atoms with E-state index in [0.717, 1.165) is 31.4 Å². The van der Waals surface area contributed by atoms with E-state index in [2.05, 4.69) is 15.5 Å². The van der Waals surface area contributed by atoms with E-state index in [4.69, 9.17) is 16.3 Å². The summed E-state index contributed by atoms with van der Waals surface area (Å²) in [7, 11) is 0. The van der Waals surface area contributed by atoms with Gasteiger partial charge in [0, 0.05) is 10.6 Å². The molecule has 0 bridgehead atoms. The van der Waals surface area contributed by atoms with Crippen molar-refractivity contribution in [2.24, 2.45) is 5.10 Å². The van der Waals surface area contributed by atoms with Gasteiger partial charge in [-0.25, -0.2) is 10.4 Å². The summed E-state index contributed by atoms with van der Waals surface area (Å²) in [4.78, 5) is 16.5. The molecule has 0 atom stereocenters. The van der Waals surface area contributed by atoms with Gasteiger partial charge in [0.25, 0.3) is 5.91 Å². The van der Waals surface area contributed by atoms with Gasteiger partial charge >= 0.3 is 0 Å². The molecule has 5 nitrogen and oxygen atoms in total. The van der Waals surface area contributed by atoms with Crippen LogP contribution in [0, 0.1) is 0 Å². The molecule has 0 spiro atoms. The number of benzene rings is 3. The standard InChI is InChI=1S/C23H18ClN3O2S2/c24-19-6-2-1-5-17(19)14-29-18-11-9-16(10-12-18)13-25-27-22(28)15-30-23-26-20-7-3-4-8-21(20)31-23/h1-13H,14-15H2,(H,27,28). The van der Waals surface area contributed by atoms with Crippen LogP contribution in [0.2, 0.25) is 5.02 Å². The predicted octanol–water partition coefficient (Wildman–Crippen LogP) is 5.77. The average molecular weight is 468 g/mol. The Morgan fingerprint density at radius 2 is 1.87 bits per heavy atom. The van der Waals surface area contributed by atoms with Gasteiger partial charge in [-0.15, -0.1) is 11.3 Å². The number of hydrogen-bond donors (Lipinski definition) is 1. The molecular weight excluding hydrogens is 450 g/mol. The van der Waals surface area contributed by atoms with Crippen LogP contribution in [0.1, 0.15) is 11.1 Å². The minimum atomic E-state index is -0.180. The summed E-state index contributed by atoms with van der Waals surface area (Å²) in [6.45, 7) is 0.398.